The van der Waals surface area contributed by atoms with Gasteiger partial charge in [0.25, 0.3) is 0 Å². The molecule has 0 aliphatic heterocycles. The van der Waals surface area contributed by atoms with Crippen molar-refractivity contribution in [3.8, 4) is 11.1 Å². The van der Waals surface area contributed by atoms with E-state index in [2.05, 4.69) is 4.98 Å². The minimum absolute atomic E-state index is 0.0439. The summed E-state index contributed by atoms with van der Waals surface area (Å²) in [5.41, 5.74) is 0.0420. The number of carboxylic acids is 1. The smallest absolute Gasteiger partial charge is 0.305 e. The van der Waals surface area contributed by atoms with Gasteiger partial charge in [-0.05, 0) is 29.2 Å². The second-order valence-corrected chi connectivity index (χ2v) is 7.75. The van der Waals surface area contributed by atoms with Crippen molar-refractivity contribution in [3.63, 3.8) is 0 Å². The van der Waals surface area contributed by atoms with Crippen molar-refractivity contribution in [2.75, 3.05) is 6.61 Å². The van der Waals surface area contributed by atoms with E-state index in [0.29, 0.717) is 0 Å². The molecule has 0 unspecified atom stereocenters. The van der Waals surface area contributed by atoms with Gasteiger partial charge in [0.1, 0.15) is 5.82 Å². The van der Waals surface area contributed by atoms with Crippen LogP contribution >= 0.6 is 0 Å². The second kappa shape index (κ2) is 12.0. The number of aliphatic hydroxyl groups excluding tert-OH is 4. The van der Waals surface area contributed by atoms with Crippen LogP contribution in [0.1, 0.15) is 76.0 Å². The van der Waals surface area contributed by atoms with Crippen LogP contribution < -0.4 is 0 Å². The van der Waals surface area contributed by atoms with Crippen LogP contribution in [0.3, 0.4) is 0 Å². The minimum atomic E-state index is -3.09. The Hall–Kier alpha value is -2.65. The van der Waals surface area contributed by atoms with Gasteiger partial charge in [0.05, 0.1) is 43.2 Å². The Balaban J connectivity index is 2.97. The molecular weight excluding hydrogens is 429 g/mol. The summed E-state index contributed by atoms with van der Waals surface area (Å²) >= 11 is 0. The molecule has 1 aromatic heterocycles. The lowest BCUT2D eigenvalue weighted by Crippen LogP contribution is -2.19. The van der Waals surface area contributed by atoms with Crippen molar-refractivity contribution in [2.45, 2.75) is 64.1 Å². The molecule has 2 rings (SSSR count). The van der Waals surface area contributed by atoms with E-state index in [9.17, 15) is 29.6 Å². The molecule has 0 spiro atoms. The summed E-state index contributed by atoms with van der Waals surface area (Å²) in [5.74, 6) is -4.77. The Morgan fingerprint density at radius 2 is 1.85 bits per heavy atom. The fourth-order valence-electron chi connectivity index (χ4n) is 3.51. The summed E-state index contributed by atoms with van der Waals surface area (Å²) in [6.07, 6.45) is -1.57. The van der Waals surface area contributed by atoms with E-state index in [0.717, 1.165) is 18.2 Å². The number of halogens is 1. The van der Waals surface area contributed by atoms with Crippen LogP contribution in [0.5, 0.6) is 0 Å². The largest absolute Gasteiger partial charge is 0.481 e. The predicted octanol–water partition coefficient (Wildman–Crippen LogP) is 3.20. The highest BCUT2D eigenvalue weighted by Crippen LogP contribution is 2.37. The molecule has 0 amide bonds. The first-order valence-electron chi connectivity index (χ1n) is 13.3. The number of aromatic nitrogens is 1. The maximum atomic E-state index is 13.8. The number of rotatable bonds is 11. The second-order valence-electron chi connectivity index (χ2n) is 7.75. The van der Waals surface area contributed by atoms with Gasteiger partial charge in [-0.25, -0.2) is 4.39 Å². The van der Waals surface area contributed by atoms with E-state index in [1.165, 1.54) is 18.2 Å². The fourth-order valence-corrected chi connectivity index (χ4v) is 3.51. The van der Waals surface area contributed by atoms with Crippen LogP contribution in [0, 0.1) is 5.82 Å². The maximum absolute atomic E-state index is 13.8. The van der Waals surface area contributed by atoms with Crippen LogP contribution in [0.25, 0.3) is 17.2 Å². The average molecular weight is 468 g/mol. The molecule has 0 saturated heterocycles. The molecule has 1 aromatic carbocycles. The molecule has 1 heterocycles. The molecule has 0 fully saturated rings. The first-order chi connectivity index (χ1) is 18.0. The molecule has 33 heavy (non-hydrogen) atoms. The third-order valence-corrected chi connectivity index (χ3v) is 5.11. The molecular formula is C25H32FNO6. The Kier molecular flexibility index (Phi) is 6.81. The number of nitrogens with zero attached hydrogens (tertiary/aromatic N) is 1. The summed E-state index contributed by atoms with van der Waals surface area (Å²) in [6, 6.07) is 4.90. The lowest BCUT2D eigenvalue weighted by Gasteiger charge is -2.23. The van der Waals surface area contributed by atoms with E-state index in [4.69, 9.17) is 13.3 Å². The summed E-state index contributed by atoms with van der Waals surface area (Å²) in [4.78, 5) is 15.2. The lowest BCUT2D eigenvalue weighted by molar-refractivity contribution is -0.139. The Morgan fingerprint density at radius 3 is 2.39 bits per heavy atom. The van der Waals surface area contributed by atoms with Crippen molar-refractivity contribution >= 4 is 12.0 Å². The Morgan fingerprint density at radius 1 is 1.18 bits per heavy atom. The van der Waals surface area contributed by atoms with Crippen LogP contribution in [0.4, 0.5) is 4.39 Å². The Labute approximate surface area is 201 Å². The van der Waals surface area contributed by atoms with Crippen LogP contribution in [-0.2, 0) is 11.4 Å². The van der Waals surface area contributed by atoms with Crippen molar-refractivity contribution in [3.05, 3.63) is 58.7 Å². The zero-order chi connectivity index (χ0) is 29.7. The van der Waals surface area contributed by atoms with E-state index >= 15 is 0 Å². The Bertz CT molecular complexity index is 1160. The molecule has 0 radical (unpaired) electrons. The average Bonchev–Trinajstić information content (AvgIpc) is 2.80. The van der Waals surface area contributed by atoms with Gasteiger partial charge in [-0.3, -0.25) is 9.78 Å². The third kappa shape index (κ3) is 6.91. The molecule has 0 bridgehead atoms. The monoisotopic (exact) mass is 467 g/mol. The zero-order valence-electron chi connectivity index (χ0n) is 24.1. The normalized spacial score (nSPS) is 18.0. The summed E-state index contributed by atoms with van der Waals surface area (Å²) < 4.78 is 61.8. The van der Waals surface area contributed by atoms with Crippen LogP contribution in [0.15, 0.2) is 30.3 Å². The number of hydrogen-bond donors (Lipinski definition) is 5. The van der Waals surface area contributed by atoms with Gasteiger partial charge in [-0.2, -0.15) is 0 Å². The number of aliphatic carboxylic acids is 1. The molecule has 180 valence electrons. The van der Waals surface area contributed by atoms with Crippen molar-refractivity contribution in [1.29, 1.82) is 0 Å². The molecule has 8 heteroatoms. The molecule has 2 aromatic rings. The van der Waals surface area contributed by atoms with Crippen molar-refractivity contribution in [1.82, 2.24) is 4.98 Å². The molecule has 0 saturated carbocycles. The quantitative estimate of drug-likeness (QED) is 0.343. The maximum Gasteiger partial charge on any atom is 0.305 e. The van der Waals surface area contributed by atoms with Gasteiger partial charge in [-0.15, -0.1) is 0 Å². The first kappa shape index (κ1) is 18.7. The fraction of sp³-hybridized carbons (Fsp3) is 0.440. The van der Waals surface area contributed by atoms with Crippen molar-refractivity contribution in [2.24, 2.45) is 0 Å². The van der Waals surface area contributed by atoms with Gasteiger partial charge in [-0.1, -0.05) is 44.9 Å². The van der Waals surface area contributed by atoms with E-state index < -0.39 is 81.3 Å². The summed E-state index contributed by atoms with van der Waals surface area (Å²) in [7, 11) is 0. The molecule has 3 atom stereocenters. The van der Waals surface area contributed by atoms with Gasteiger partial charge in [0.15, 0.2) is 0 Å². The number of pyridine rings is 1. The van der Waals surface area contributed by atoms with E-state index in [-0.39, 0.29) is 27.9 Å². The van der Waals surface area contributed by atoms with Gasteiger partial charge >= 0.3 is 5.97 Å². The summed E-state index contributed by atoms with van der Waals surface area (Å²) in [5, 5.41) is 49.3. The number of carboxylic acid groups (broad SMARTS) is 1. The summed E-state index contributed by atoms with van der Waals surface area (Å²) in [6.45, 7) is -5.76. The van der Waals surface area contributed by atoms with Crippen LogP contribution in [0.2, 0.25) is 0 Å². The van der Waals surface area contributed by atoms with Gasteiger partial charge in [0.2, 0.25) is 0 Å². The SMILES string of the molecule is [2H]C([2H])([2H])C(c1nc([C@@H](C)CO)c(CO)c(-c2ccc(F)cc2)c1/C=C/[C@H](O)C[C@H](O)CC(=O)O)C([2H])([2H])[2H]. The van der Waals surface area contributed by atoms with Gasteiger partial charge in [0, 0.05) is 31.7 Å². The highest BCUT2D eigenvalue weighted by atomic mass is 19.1. The topological polar surface area (TPSA) is 131 Å². The van der Waals surface area contributed by atoms with E-state index in [1.807, 2.05) is 0 Å². The molecule has 5 N–H and O–H groups in total. The zero-order valence-corrected chi connectivity index (χ0v) is 18.1. The highest BCUT2D eigenvalue weighted by molar-refractivity contribution is 5.80. The molecule has 7 nitrogen and oxygen atoms in total. The van der Waals surface area contributed by atoms with E-state index in [1.54, 1.807) is 6.92 Å². The minimum Gasteiger partial charge on any atom is -0.481 e. The molecule has 0 aliphatic rings. The highest BCUT2D eigenvalue weighted by Gasteiger charge is 2.24. The first-order valence-corrected chi connectivity index (χ1v) is 10.3. The van der Waals surface area contributed by atoms with Crippen LogP contribution in [-0.4, -0.2) is 55.3 Å². The number of carbonyl (C=O) groups is 1. The number of benzene rings is 1. The number of hydrogen-bond acceptors (Lipinski definition) is 6. The standard InChI is InChI=1S/C25H32FNO6/c1-14(2)24-20(9-8-18(30)10-19(31)11-22(32)33)23(16-4-6-17(26)7-5-16)21(13-29)25(27-24)15(3)12-28/h4-9,14-15,18-19,28-31H,10-13H2,1-3H3,(H,32,33)/b9-8+/t15-,18-,19-/m0/s1/i1D3,2D3. The van der Waals surface area contributed by atoms with Crippen molar-refractivity contribution < 1.29 is 42.9 Å². The third-order valence-electron chi connectivity index (χ3n) is 5.11. The molecule has 0 aliphatic carbocycles. The predicted molar refractivity (Wildman–Crippen MR) is 123 cm³/mol. The van der Waals surface area contributed by atoms with Gasteiger partial charge < -0.3 is 25.5 Å². The number of aliphatic hydroxyl groups is 4. The lowest BCUT2D eigenvalue weighted by atomic mass is 9.86.